The molecule has 2 rings (SSSR count). The van der Waals surface area contributed by atoms with Crippen LogP contribution in [0.1, 0.15) is 50.9 Å². The molecule has 32 heavy (non-hydrogen) atoms. The SMILES string of the molecule is CC(OC(=O)c1ccc(Cl)c(S(=O)(=O)NCC2CCCO2)c1)C(=O)NC(C)(C#N)C(C)C. The second-order valence-electron chi connectivity index (χ2n) is 8.14. The summed E-state index contributed by atoms with van der Waals surface area (Å²) >= 11 is 6.06. The van der Waals surface area contributed by atoms with Crippen LogP contribution in [0.15, 0.2) is 23.1 Å². The summed E-state index contributed by atoms with van der Waals surface area (Å²) in [5, 5.41) is 11.8. The Morgan fingerprint density at radius 3 is 2.62 bits per heavy atom. The molecule has 176 valence electrons. The largest absolute Gasteiger partial charge is 0.449 e. The van der Waals surface area contributed by atoms with Crippen LogP contribution < -0.4 is 10.0 Å². The fraction of sp³-hybridized carbons (Fsp3) is 0.571. The van der Waals surface area contributed by atoms with Gasteiger partial charge in [-0.2, -0.15) is 5.26 Å². The summed E-state index contributed by atoms with van der Waals surface area (Å²) in [6.45, 7) is 7.18. The predicted molar refractivity (Wildman–Crippen MR) is 117 cm³/mol. The number of amides is 1. The van der Waals surface area contributed by atoms with Crippen LogP contribution in [0.3, 0.4) is 0 Å². The number of nitrogens with zero attached hydrogens (tertiary/aromatic N) is 1. The summed E-state index contributed by atoms with van der Waals surface area (Å²) in [5.74, 6) is -1.72. The number of hydrogen-bond acceptors (Lipinski definition) is 7. The Labute approximate surface area is 193 Å². The van der Waals surface area contributed by atoms with Crippen molar-refractivity contribution in [2.45, 2.75) is 63.2 Å². The molecule has 1 heterocycles. The smallest absolute Gasteiger partial charge is 0.338 e. The zero-order chi connectivity index (χ0) is 24.1. The molecule has 1 saturated heterocycles. The maximum Gasteiger partial charge on any atom is 0.338 e. The van der Waals surface area contributed by atoms with Crippen molar-refractivity contribution in [1.82, 2.24) is 10.0 Å². The molecule has 1 aromatic rings. The van der Waals surface area contributed by atoms with Gasteiger partial charge in [-0.1, -0.05) is 25.4 Å². The molecule has 9 nitrogen and oxygen atoms in total. The second kappa shape index (κ2) is 10.6. The molecule has 0 radical (unpaired) electrons. The Kier molecular flexibility index (Phi) is 8.65. The van der Waals surface area contributed by atoms with Crippen LogP contribution in [0.5, 0.6) is 0 Å². The van der Waals surface area contributed by atoms with Crippen molar-refractivity contribution in [3.8, 4) is 6.07 Å². The number of esters is 1. The molecule has 3 atom stereocenters. The molecule has 0 aromatic heterocycles. The van der Waals surface area contributed by atoms with Crippen LogP contribution in [0.25, 0.3) is 0 Å². The highest BCUT2D eigenvalue weighted by Gasteiger charge is 2.33. The van der Waals surface area contributed by atoms with E-state index in [0.717, 1.165) is 18.9 Å². The van der Waals surface area contributed by atoms with Gasteiger partial charge in [0.1, 0.15) is 10.4 Å². The van der Waals surface area contributed by atoms with E-state index in [9.17, 15) is 23.3 Å². The molecule has 11 heteroatoms. The summed E-state index contributed by atoms with van der Waals surface area (Å²) < 4.78 is 38.4. The summed E-state index contributed by atoms with van der Waals surface area (Å²) in [7, 11) is -4.00. The van der Waals surface area contributed by atoms with Gasteiger partial charge in [-0.05, 0) is 50.8 Å². The number of ether oxygens (including phenoxy) is 2. The van der Waals surface area contributed by atoms with E-state index in [2.05, 4.69) is 10.0 Å². The maximum atomic E-state index is 12.7. The van der Waals surface area contributed by atoms with Gasteiger partial charge in [-0.25, -0.2) is 17.9 Å². The lowest BCUT2D eigenvalue weighted by molar-refractivity contribution is -0.130. The summed E-state index contributed by atoms with van der Waals surface area (Å²) in [5.41, 5.74) is -1.22. The quantitative estimate of drug-likeness (QED) is 0.512. The van der Waals surface area contributed by atoms with Gasteiger partial charge in [0.05, 0.1) is 22.8 Å². The van der Waals surface area contributed by atoms with Gasteiger partial charge in [0, 0.05) is 13.2 Å². The molecule has 2 N–H and O–H groups in total. The molecule has 0 saturated carbocycles. The summed E-state index contributed by atoms with van der Waals surface area (Å²) in [6, 6.07) is 5.72. The van der Waals surface area contributed by atoms with Crippen LogP contribution >= 0.6 is 11.6 Å². The standard InChI is InChI=1S/C21H28ClN3O6S/c1-13(2)21(4,12-23)25-19(26)14(3)31-20(27)15-7-8-17(22)18(10-15)32(28,29)24-11-16-6-5-9-30-16/h7-8,10,13-14,16,24H,5-6,9,11H2,1-4H3,(H,25,26). The lowest BCUT2D eigenvalue weighted by Crippen LogP contribution is -2.52. The first-order valence-electron chi connectivity index (χ1n) is 10.2. The Morgan fingerprint density at radius 1 is 1.38 bits per heavy atom. The Bertz CT molecular complexity index is 1000. The first-order chi connectivity index (χ1) is 14.9. The number of nitriles is 1. The third-order valence-electron chi connectivity index (χ3n) is 5.40. The fourth-order valence-electron chi connectivity index (χ4n) is 2.86. The minimum absolute atomic E-state index is 0.0612. The van der Waals surface area contributed by atoms with E-state index in [-0.39, 0.29) is 34.0 Å². The number of carbonyl (C=O) groups excluding carboxylic acids is 2. The number of halogens is 1. The fourth-order valence-corrected chi connectivity index (χ4v) is 4.45. The molecular weight excluding hydrogens is 458 g/mol. The number of nitrogens with one attached hydrogen (secondary N) is 2. The molecule has 1 aliphatic rings. The number of rotatable bonds is 9. The summed E-state index contributed by atoms with van der Waals surface area (Å²) in [6.07, 6.45) is 0.207. The van der Waals surface area contributed by atoms with Gasteiger partial charge < -0.3 is 14.8 Å². The van der Waals surface area contributed by atoms with Crippen LogP contribution in [-0.4, -0.2) is 51.2 Å². The average Bonchev–Trinajstić information content (AvgIpc) is 3.25. The van der Waals surface area contributed by atoms with E-state index >= 15 is 0 Å². The van der Waals surface area contributed by atoms with E-state index in [1.165, 1.54) is 19.1 Å². The minimum Gasteiger partial charge on any atom is -0.449 e. The van der Waals surface area contributed by atoms with Gasteiger partial charge in [0.2, 0.25) is 10.0 Å². The highest BCUT2D eigenvalue weighted by Crippen LogP contribution is 2.24. The molecule has 1 fully saturated rings. The van der Waals surface area contributed by atoms with Crippen molar-refractivity contribution in [2.24, 2.45) is 5.92 Å². The highest BCUT2D eigenvalue weighted by molar-refractivity contribution is 7.89. The van der Waals surface area contributed by atoms with Crippen LogP contribution in [0.4, 0.5) is 0 Å². The van der Waals surface area contributed by atoms with Crippen molar-refractivity contribution in [2.75, 3.05) is 13.2 Å². The van der Waals surface area contributed by atoms with Gasteiger partial charge in [-0.15, -0.1) is 0 Å². The molecule has 1 aromatic carbocycles. The number of carbonyl (C=O) groups is 2. The van der Waals surface area contributed by atoms with Gasteiger partial charge in [-0.3, -0.25) is 4.79 Å². The molecule has 0 spiro atoms. The summed E-state index contributed by atoms with van der Waals surface area (Å²) in [4.78, 5) is 24.7. The van der Waals surface area contributed by atoms with Crippen LogP contribution in [0, 0.1) is 17.2 Å². The maximum absolute atomic E-state index is 12.7. The Hall–Kier alpha value is -2.19. The monoisotopic (exact) mass is 485 g/mol. The molecule has 1 amide bonds. The minimum atomic E-state index is -4.00. The Balaban J connectivity index is 2.10. The molecule has 0 bridgehead atoms. The predicted octanol–water partition coefficient (Wildman–Crippen LogP) is 2.40. The van der Waals surface area contributed by atoms with Gasteiger partial charge in [0.25, 0.3) is 5.91 Å². The van der Waals surface area contributed by atoms with E-state index < -0.39 is 33.5 Å². The molecular formula is C21H28ClN3O6S. The topological polar surface area (TPSA) is 135 Å². The third-order valence-corrected chi connectivity index (χ3v) is 7.31. The normalized spacial score (nSPS) is 19.1. The van der Waals surface area contributed by atoms with Crippen molar-refractivity contribution in [3.05, 3.63) is 28.8 Å². The van der Waals surface area contributed by atoms with Crippen molar-refractivity contribution in [3.63, 3.8) is 0 Å². The zero-order valence-electron chi connectivity index (χ0n) is 18.5. The molecule has 1 aliphatic heterocycles. The van der Waals surface area contributed by atoms with Crippen LogP contribution in [-0.2, 0) is 24.3 Å². The van der Waals surface area contributed by atoms with Gasteiger partial charge in [0.15, 0.2) is 6.10 Å². The second-order valence-corrected chi connectivity index (χ2v) is 10.3. The third kappa shape index (κ3) is 6.42. The average molecular weight is 486 g/mol. The molecule has 0 aliphatic carbocycles. The lowest BCUT2D eigenvalue weighted by Gasteiger charge is -2.28. The van der Waals surface area contributed by atoms with Gasteiger partial charge >= 0.3 is 5.97 Å². The van der Waals surface area contributed by atoms with E-state index in [1.807, 2.05) is 6.07 Å². The van der Waals surface area contributed by atoms with E-state index in [1.54, 1.807) is 20.8 Å². The van der Waals surface area contributed by atoms with Crippen molar-refractivity contribution in [1.29, 1.82) is 5.26 Å². The first kappa shape index (κ1) is 26.1. The van der Waals surface area contributed by atoms with E-state index in [0.29, 0.717) is 6.61 Å². The first-order valence-corrected chi connectivity index (χ1v) is 12.1. The number of benzene rings is 1. The van der Waals surface area contributed by atoms with Crippen LogP contribution in [0.2, 0.25) is 5.02 Å². The molecule has 3 unspecified atom stereocenters. The number of hydrogen-bond donors (Lipinski definition) is 2. The highest BCUT2D eigenvalue weighted by atomic mass is 35.5. The Morgan fingerprint density at radius 2 is 2.06 bits per heavy atom. The van der Waals surface area contributed by atoms with Crippen molar-refractivity contribution >= 4 is 33.5 Å². The van der Waals surface area contributed by atoms with E-state index in [4.69, 9.17) is 21.1 Å². The lowest BCUT2D eigenvalue weighted by atomic mass is 9.90. The number of sulfonamides is 1. The zero-order valence-corrected chi connectivity index (χ0v) is 20.0. The van der Waals surface area contributed by atoms with Crippen molar-refractivity contribution < 1.29 is 27.5 Å².